The summed E-state index contributed by atoms with van der Waals surface area (Å²) >= 11 is 0. The molecule has 0 heterocycles. The predicted molar refractivity (Wildman–Crippen MR) is 69.3 cm³/mol. The van der Waals surface area contributed by atoms with Crippen molar-refractivity contribution in [2.24, 2.45) is 11.5 Å². The average molecular weight is 267 g/mol. The van der Waals surface area contributed by atoms with E-state index in [1.807, 2.05) is 0 Å². The summed E-state index contributed by atoms with van der Waals surface area (Å²) in [5, 5.41) is 0. The molecule has 0 aliphatic rings. The topological polar surface area (TPSA) is 89.4 Å². The second kappa shape index (κ2) is 6.84. The third-order valence-corrected chi connectivity index (χ3v) is 2.69. The molecule has 2 amide bonds. The van der Waals surface area contributed by atoms with Crippen LogP contribution in [0.3, 0.4) is 0 Å². The van der Waals surface area contributed by atoms with Gasteiger partial charge in [0.15, 0.2) is 0 Å². The highest BCUT2D eigenvalue weighted by atomic mass is 19.1. The molecule has 1 unspecified atom stereocenters. The Bertz CT molecular complexity index is 465. The average Bonchev–Trinajstić information content (AvgIpc) is 2.34. The number of nitrogens with zero attached hydrogens (tertiary/aromatic N) is 1. The van der Waals surface area contributed by atoms with E-state index in [2.05, 4.69) is 0 Å². The number of rotatable bonds is 6. The zero-order chi connectivity index (χ0) is 14.4. The van der Waals surface area contributed by atoms with Crippen molar-refractivity contribution in [2.45, 2.75) is 25.9 Å². The van der Waals surface area contributed by atoms with Gasteiger partial charge in [-0.3, -0.25) is 9.59 Å². The van der Waals surface area contributed by atoms with Crippen LogP contribution in [-0.2, 0) is 16.1 Å². The summed E-state index contributed by atoms with van der Waals surface area (Å²) < 4.78 is 13.1. The summed E-state index contributed by atoms with van der Waals surface area (Å²) in [7, 11) is 0. The number of amides is 2. The van der Waals surface area contributed by atoms with Crippen LogP contribution in [0.2, 0.25) is 0 Å². The molecule has 1 atom stereocenters. The molecule has 0 saturated heterocycles. The predicted octanol–water partition coefficient (Wildman–Crippen LogP) is 0.377. The van der Waals surface area contributed by atoms with E-state index < -0.39 is 11.9 Å². The van der Waals surface area contributed by atoms with Gasteiger partial charge in [-0.1, -0.05) is 12.1 Å². The van der Waals surface area contributed by atoms with Crippen molar-refractivity contribution >= 4 is 11.8 Å². The van der Waals surface area contributed by atoms with Gasteiger partial charge >= 0.3 is 0 Å². The summed E-state index contributed by atoms with van der Waals surface area (Å²) in [6.07, 6.45) is -0.196. The quantitative estimate of drug-likeness (QED) is 0.780. The van der Waals surface area contributed by atoms with E-state index in [9.17, 15) is 14.0 Å². The molecular formula is C13H18FN3O2. The van der Waals surface area contributed by atoms with Gasteiger partial charge in [-0.25, -0.2) is 4.39 Å². The number of carbonyl (C=O) groups is 2. The zero-order valence-electron chi connectivity index (χ0n) is 10.8. The maximum absolute atomic E-state index is 13.1. The highest BCUT2D eigenvalue weighted by Crippen LogP contribution is 2.08. The van der Waals surface area contributed by atoms with E-state index in [4.69, 9.17) is 11.5 Å². The third-order valence-electron chi connectivity index (χ3n) is 2.69. The fourth-order valence-corrected chi connectivity index (χ4v) is 1.74. The number of hydrogen-bond donors (Lipinski definition) is 2. The summed E-state index contributed by atoms with van der Waals surface area (Å²) in [6, 6.07) is 5.03. The van der Waals surface area contributed by atoms with E-state index in [0.29, 0.717) is 12.1 Å². The molecule has 104 valence electrons. The molecule has 0 radical (unpaired) electrons. The van der Waals surface area contributed by atoms with Gasteiger partial charge in [0.05, 0.1) is 12.5 Å². The highest BCUT2D eigenvalue weighted by molar-refractivity contribution is 5.87. The number of halogens is 1. The van der Waals surface area contributed by atoms with Crippen LogP contribution in [0.5, 0.6) is 0 Å². The largest absolute Gasteiger partial charge is 0.370 e. The molecule has 0 aliphatic carbocycles. The Morgan fingerprint density at radius 3 is 2.63 bits per heavy atom. The molecular weight excluding hydrogens is 249 g/mol. The summed E-state index contributed by atoms with van der Waals surface area (Å²) in [6.45, 7) is 2.45. The molecule has 6 heteroatoms. The van der Waals surface area contributed by atoms with Crippen LogP contribution >= 0.6 is 0 Å². The smallest absolute Gasteiger partial charge is 0.240 e. The molecule has 19 heavy (non-hydrogen) atoms. The number of carbonyl (C=O) groups excluding carboxylic acids is 2. The van der Waals surface area contributed by atoms with Crippen molar-refractivity contribution in [3.05, 3.63) is 35.6 Å². The lowest BCUT2D eigenvalue weighted by Crippen LogP contribution is -2.45. The van der Waals surface area contributed by atoms with Crippen molar-refractivity contribution in [1.29, 1.82) is 0 Å². The lowest BCUT2D eigenvalue weighted by molar-refractivity contribution is -0.135. The molecule has 0 spiro atoms. The van der Waals surface area contributed by atoms with Gasteiger partial charge < -0.3 is 16.4 Å². The molecule has 0 saturated carbocycles. The molecule has 0 fully saturated rings. The van der Waals surface area contributed by atoms with Crippen molar-refractivity contribution in [1.82, 2.24) is 4.90 Å². The number of hydrogen-bond acceptors (Lipinski definition) is 3. The third kappa shape index (κ3) is 4.67. The van der Waals surface area contributed by atoms with Crippen LogP contribution in [0.1, 0.15) is 18.9 Å². The first-order valence-electron chi connectivity index (χ1n) is 6.01. The summed E-state index contributed by atoms with van der Waals surface area (Å²) in [4.78, 5) is 24.2. The maximum Gasteiger partial charge on any atom is 0.240 e. The number of likely N-dealkylation sites (N-methyl/N-ethyl adjacent to an activating group) is 1. The Balaban J connectivity index is 2.72. The Morgan fingerprint density at radius 2 is 2.11 bits per heavy atom. The van der Waals surface area contributed by atoms with Crippen LogP contribution in [0.4, 0.5) is 4.39 Å². The zero-order valence-corrected chi connectivity index (χ0v) is 10.8. The van der Waals surface area contributed by atoms with Crippen molar-refractivity contribution in [3.8, 4) is 0 Å². The minimum atomic E-state index is -0.953. The minimum Gasteiger partial charge on any atom is -0.370 e. The maximum atomic E-state index is 13.1. The molecule has 0 aliphatic heterocycles. The standard InChI is InChI=1S/C13H18FN3O2/c1-2-17(13(19)11(15)7-12(16)18)8-9-4-3-5-10(14)6-9/h3-6,11H,2,7-8,15H2,1H3,(H2,16,18). The molecule has 4 N–H and O–H groups in total. The molecule has 0 aromatic heterocycles. The van der Waals surface area contributed by atoms with Gasteiger partial charge in [0.25, 0.3) is 0 Å². The Morgan fingerprint density at radius 1 is 1.42 bits per heavy atom. The molecule has 0 bridgehead atoms. The lowest BCUT2D eigenvalue weighted by Gasteiger charge is -2.24. The molecule has 1 rings (SSSR count). The Hall–Kier alpha value is -1.95. The fourth-order valence-electron chi connectivity index (χ4n) is 1.74. The van der Waals surface area contributed by atoms with E-state index in [1.54, 1.807) is 19.1 Å². The number of primary amides is 1. The SMILES string of the molecule is CCN(Cc1cccc(F)c1)C(=O)C(N)CC(N)=O. The van der Waals surface area contributed by atoms with Crippen LogP contribution in [0, 0.1) is 5.82 Å². The molecule has 1 aromatic carbocycles. The minimum absolute atomic E-state index is 0.196. The van der Waals surface area contributed by atoms with Crippen LogP contribution in [0.15, 0.2) is 24.3 Å². The Kier molecular flexibility index (Phi) is 5.44. The van der Waals surface area contributed by atoms with Gasteiger partial charge in [0, 0.05) is 13.1 Å². The molecule has 1 aromatic rings. The monoisotopic (exact) mass is 267 g/mol. The number of benzene rings is 1. The molecule has 5 nitrogen and oxygen atoms in total. The van der Waals surface area contributed by atoms with Crippen molar-refractivity contribution < 1.29 is 14.0 Å². The van der Waals surface area contributed by atoms with E-state index in [1.165, 1.54) is 17.0 Å². The fraction of sp³-hybridized carbons (Fsp3) is 0.385. The van der Waals surface area contributed by atoms with Gasteiger partial charge in [-0.05, 0) is 24.6 Å². The van der Waals surface area contributed by atoms with Crippen molar-refractivity contribution in [3.63, 3.8) is 0 Å². The highest BCUT2D eigenvalue weighted by Gasteiger charge is 2.21. The van der Waals surface area contributed by atoms with Crippen LogP contribution < -0.4 is 11.5 Å². The second-order valence-electron chi connectivity index (χ2n) is 4.26. The second-order valence-corrected chi connectivity index (χ2v) is 4.26. The van der Waals surface area contributed by atoms with E-state index in [0.717, 1.165) is 0 Å². The van der Waals surface area contributed by atoms with Crippen molar-refractivity contribution in [2.75, 3.05) is 6.54 Å². The van der Waals surface area contributed by atoms with E-state index >= 15 is 0 Å². The van der Waals surface area contributed by atoms with Gasteiger partial charge in [0.1, 0.15) is 5.82 Å². The summed E-state index contributed by atoms with van der Waals surface area (Å²) in [5.41, 5.74) is 11.3. The van der Waals surface area contributed by atoms with Crippen LogP contribution in [-0.4, -0.2) is 29.3 Å². The van der Waals surface area contributed by atoms with Gasteiger partial charge in [-0.2, -0.15) is 0 Å². The van der Waals surface area contributed by atoms with Gasteiger partial charge in [-0.15, -0.1) is 0 Å². The Labute approximate surface area is 111 Å². The first kappa shape index (κ1) is 15.1. The normalized spacial score (nSPS) is 11.9. The van der Waals surface area contributed by atoms with E-state index in [-0.39, 0.29) is 24.7 Å². The first-order valence-corrected chi connectivity index (χ1v) is 6.01. The first-order chi connectivity index (χ1) is 8.93. The lowest BCUT2D eigenvalue weighted by atomic mass is 10.1. The number of nitrogens with two attached hydrogens (primary N) is 2. The van der Waals surface area contributed by atoms with Gasteiger partial charge in [0.2, 0.25) is 11.8 Å². The van der Waals surface area contributed by atoms with Crippen LogP contribution in [0.25, 0.3) is 0 Å². The summed E-state index contributed by atoms with van der Waals surface area (Å²) in [5.74, 6) is -1.35.